The number of hydrogen-bond donors (Lipinski definition) is 6. The van der Waals surface area contributed by atoms with Crippen LogP contribution in [-0.2, 0) is 14.3 Å². The summed E-state index contributed by atoms with van der Waals surface area (Å²) in [5, 5.41) is 53.9. The molecule has 7 atom stereocenters. The fourth-order valence-corrected chi connectivity index (χ4v) is 6.68. The van der Waals surface area contributed by atoms with Gasteiger partial charge in [0.15, 0.2) is 6.29 Å². The lowest BCUT2D eigenvalue weighted by atomic mass is 9.99. The average Bonchev–Trinajstić information content (AvgIpc) is 3.16. The standard InChI is InChI=1S/C44H81NO8/c1-3-5-7-9-11-13-14-15-16-17-18-19-20-21-22-23-24-26-28-30-32-34-40(48)45-37(38(47)33-31-29-27-25-12-10-8-6-4-2)36-52-44-43(51)42(50)41(49)39(35-46)53-44/h15-16,27,29,31,33,37-39,41-44,46-47,49-51H,3-14,17-26,28,30,32,34-36H2,1-2H3,(H,45,48)/b16-15+,29-27+,33-31+/t37-,38+,39-,41-,42?,43?,44-/m0/s1. The molecule has 9 nitrogen and oxygen atoms in total. The van der Waals surface area contributed by atoms with Crippen LogP contribution in [0.1, 0.15) is 181 Å². The van der Waals surface area contributed by atoms with Gasteiger partial charge in [-0.2, -0.15) is 0 Å². The predicted molar refractivity (Wildman–Crippen MR) is 216 cm³/mol. The molecule has 0 saturated carbocycles. The SMILES string of the molecule is CCCCCCC/C=C/C=C/[C@@H](O)[C@H](CO[C@H]1O[C@@H](CO)[C@H](O)C(O)C1O)NC(=O)CCCCCCCCCCCCC/C=C/CCCCCCCC. The minimum atomic E-state index is -1.57. The molecule has 310 valence electrons. The van der Waals surface area contributed by atoms with Gasteiger partial charge in [0.05, 0.1) is 25.4 Å². The van der Waals surface area contributed by atoms with E-state index < -0.39 is 49.5 Å². The van der Waals surface area contributed by atoms with E-state index in [4.69, 9.17) is 9.47 Å². The molecule has 1 amide bonds. The first kappa shape index (κ1) is 49.4. The molecule has 0 spiro atoms. The Labute approximate surface area is 323 Å². The second-order valence-corrected chi connectivity index (χ2v) is 15.2. The van der Waals surface area contributed by atoms with Crippen molar-refractivity contribution >= 4 is 5.91 Å². The summed E-state index contributed by atoms with van der Waals surface area (Å²) in [5.74, 6) is -0.198. The van der Waals surface area contributed by atoms with Gasteiger partial charge in [-0.25, -0.2) is 0 Å². The van der Waals surface area contributed by atoms with E-state index in [2.05, 4.69) is 37.4 Å². The zero-order valence-electron chi connectivity index (χ0n) is 33.8. The lowest BCUT2D eigenvalue weighted by molar-refractivity contribution is -0.302. The number of aliphatic hydroxyl groups excluding tert-OH is 5. The second kappa shape index (κ2) is 34.9. The molecule has 0 bridgehead atoms. The lowest BCUT2D eigenvalue weighted by Gasteiger charge is -2.40. The number of carbonyl (C=O) groups excluding carboxylic acids is 1. The van der Waals surface area contributed by atoms with Gasteiger partial charge in [0, 0.05) is 6.42 Å². The summed E-state index contributed by atoms with van der Waals surface area (Å²) in [5.41, 5.74) is 0. The summed E-state index contributed by atoms with van der Waals surface area (Å²) in [6.45, 7) is 3.68. The van der Waals surface area contributed by atoms with Gasteiger partial charge in [0.1, 0.15) is 24.4 Å². The quantitative estimate of drug-likeness (QED) is 0.0215. The summed E-state index contributed by atoms with van der Waals surface area (Å²) in [6.07, 6.45) is 35.0. The van der Waals surface area contributed by atoms with Gasteiger partial charge in [-0.05, 0) is 44.9 Å². The van der Waals surface area contributed by atoms with Gasteiger partial charge in [-0.1, -0.05) is 166 Å². The molecule has 6 N–H and O–H groups in total. The second-order valence-electron chi connectivity index (χ2n) is 15.2. The average molecular weight is 752 g/mol. The smallest absolute Gasteiger partial charge is 0.220 e. The molecular weight excluding hydrogens is 670 g/mol. The molecule has 53 heavy (non-hydrogen) atoms. The Hall–Kier alpha value is -1.59. The van der Waals surface area contributed by atoms with Gasteiger partial charge in [0.2, 0.25) is 5.91 Å². The first-order valence-corrected chi connectivity index (χ1v) is 21.7. The maximum atomic E-state index is 12.9. The van der Waals surface area contributed by atoms with E-state index in [1.54, 1.807) is 12.2 Å². The van der Waals surface area contributed by atoms with E-state index in [0.717, 1.165) is 32.1 Å². The Balaban J connectivity index is 2.30. The molecule has 1 fully saturated rings. The number of aliphatic hydroxyl groups is 5. The van der Waals surface area contributed by atoms with Gasteiger partial charge < -0.3 is 40.3 Å². The Kier molecular flexibility index (Phi) is 32.5. The fourth-order valence-electron chi connectivity index (χ4n) is 6.68. The highest BCUT2D eigenvalue weighted by molar-refractivity contribution is 5.76. The van der Waals surface area contributed by atoms with Crippen LogP contribution in [0.25, 0.3) is 0 Å². The third-order valence-corrected chi connectivity index (χ3v) is 10.2. The van der Waals surface area contributed by atoms with Crippen molar-refractivity contribution in [3.05, 3.63) is 36.5 Å². The maximum absolute atomic E-state index is 12.9. The number of ether oxygens (including phenoxy) is 2. The van der Waals surface area contributed by atoms with Crippen molar-refractivity contribution in [1.82, 2.24) is 5.32 Å². The molecule has 0 radical (unpaired) electrons. The molecule has 1 rings (SSSR count). The number of rotatable bonds is 35. The zero-order valence-corrected chi connectivity index (χ0v) is 33.8. The first-order chi connectivity index (χ1) is 25.8. The molecule has 9 heteroatoms. The van der Waals surface area contributed by atoms with Crippen molar-refractivity contribution in [1.29, 1.82) is 0 Å². The first-order valence-electron chi connectivity index (χ1n) is 21.7. The van der Waals surface area contributed by atoms with Crippen LogP contribution in [0.15, 0.2) is 36.5 Å². The molecule has 1 aliphatic heterocycles. The monoisotopic (exact) mass is 752 g/mol. The lowest BCUT2D eigenvalue weighted by Crippen LogP contribution is -2.60. The topological polar surface area (TPSA) is 149 Å². The molecular formula is C44H81NO8. The van der Waals surface area contributed by atoms with Gasteiger partial charge >= 0.3 is 0 Å². The molecule has 0 aromatic heterocycles. The molecule has 0 aliphatic carbocycles. The fraction of sp³-hybridized carbons (Fsp3) is 0.841. The van der Waals surface area contributed by atoms with Gasteiger partial charge in [-0.3, -0.25) is 4.79 Å². The van der Waals surface area contributed by atoms with Crippen LogP contribution in [0.4, 0.5) is 0 Å². The highest BCUT2D eigenvalue weighted by Gasteiger charge is 2.44. The Bertz CT molecular complexity index is 925. The molecule has 1 saturated heterocycles. The predicted octanol–water partition coefficient (Wildman–Crippen LogP) is 8.50. The number of allylic oxidation sites excluding steroid dienone is 5. The summed E-state index contributed by atoms with van der Waals surface area (Å²) in [4.78, 5) is 12.9. The van der Waals surface area contributed by atoms with Crippen molar-refractivity contribution in [3.63, 3.8) is 0 Å². The summed E-state index contributed by atoms with van der Waals surface area (Å²) >= 11 is 0. The van der Waals surface area contributed by atoms with Crippen LogP contribution in [0.5, 0.6) is 0 Å². The molecule has 0 aromatic carbocycles. The van der Waals surface area contributed by atoms with E-state index in [1.165, 1.54) is 128 Å². The highest BCUT2D eigenvalue weighted by atomic mass is 16.7. The summed E-state index contributed by atoms with van der Waals surface area (Å²) in [6, 6.07) is -0.833. The third-order valence-electron chi connectivity index (χ3n) is 10.2. The van der Waals surface area contributed by atoms with Crippen molar-refractivity contribution < 1.29 is 39.8 Å². The minimum Gasteiger partial charge on any atom is -0.394 e. The van der Waals surface area contributed by atoms with Crippen molar-refractivity contribution in [2.24, 2.45) is 0 Å². The number of carbonyl (C=O) groups is 1. The van der Waals surface area contributed by atoms with Crippen molar-refractivity contribution in [3.8, 4) is 0 Å². The summed E-state index contributed by atoms with van der Waals surface area (Å²) in [7, 11) is 0. The molecule has 1 aliphatic rings. The highest BCUT2D eigenvalue weighted by Crippen LogP contribution is 2.22. The third kappa shape index (κ3) is 26.0. The van der Waals surface area contributed by atoms with Crippen LogP contribution >= 0.6 is 0 Å². The van der Waals surface area contributed by atoms with E-state index in [0.29, 0.717) is 6.42 Å². The van der Waals surface area contributed by atoms with E-state index in [-0.39, 0.29) is 12.5 Å². The van der Waals surface area contributed by atoms with Crippen LogP contribution in [0, 0.1) is 0 Å². The van der Waals surface area contributed by atoms with Gasteiger partial charge in [-0.15, -0.1) is 0 Å². The number of hydrogen-bond acceptors (Lipinski definition) is 8. The van der Waals surface area contributed by atoms with Crippen LogP contribution in [-0.4, -0.2) is 87.5 Å². The van der Waals surface area contributed by atoms with Crippen LogP contribution < -0.4 is 5.32 Å². The van der Waals surface area contributed by atoms with Crippen molar-refractivity contribution in [2.75, 3.05) is 13.2 Å². The Morgan fingerprint density at radius 1 is 0.642 bits per heavy atom. The van der Waals surface area contributed by atoms with E-state index in [9.17, 15) is 30.3 Å². The molecule has 2 unspecified atom stereocenters. The van der Waals surface area contributed by atoms with E-state index in [1.807, 2.05) is 6.08 Å². The normalized spacial score (nSPS) is 22.0. The Morgan fingerprint density at radius 2 is 1.11 bits per heavy atom. The van der Waals surface area contributed by atoms with E-state index >= 15 is 0 Å². The number of unbranched alkanes of at least 4 members (excludes halogenated alkanes) is 22. The van der Waals surface area contributed by atoms with Crippen LogP contribution in [0.2, 0.25) is 0 Å². The van der Waals surface area contributed by atoms with Crippen LogP contribution in [0.3, 0.4) is 0 Å². The minimum absolute atomic E-state index is 0.198. The Morgan fingerprint density at radius 3 is 1.62 bits per heavy atom. The molecule has 0 aromatic rings. The number of amides is 1. The zero-order chi connectivity index (χ0) is 38.8. The largest absolute Gasteiger partial charge is 0.394 e. The molecule has 1 heterocycles. The van der Waals surface area contributed by atoms with Crippen molar-refractivity contribution in [2.45, 2.75) is 224 Å². The summed E-state index contributed by atoms with van der Waals surface area (Å²) < 4.78 is 11.1. The maximum Gasteiger partial charge on any atom is 0.220 e. The number of nitrogens with one attached hydrogen (secondary N) is 1. The van der Waals surface area contributed by atoms with Gasteiger partial charge in [0.25, 0.3) is 0 Å².